The quantitative estimate of drug-likeness (QED) is 0.785. The average Bonchev–Trinajstić information content (AvgIpc) is 3.22. The van der Waals surface area contributed by atoms with Gasteiger partial charge in [-0.2, -0.15) is 0 Å². The van der Waals surface area contributed by atoms with Crippen LogP contribution in [-0.4, -0.2) is 20.8 Å². The molecule has 4 aliphatic rings. The van der Waals surface area contributed by atoms with Gasteiger partial charge in [0.1, 0.15) is 5.78 Å². The summed E-state index contributed by atoms with van der Waals surface area (Å²) in [4.78, 5) is 12.2. The molecule has 0 aromatic carbocycles. The van der Waals surface area contributed by atoms with E-state index in [0.29, 0.717) is 17.6 Å². The number of carbonyl (C=O) groups excluding carboxylic acids is 1. The minimum atomic E-state index is 0.223. The maximum Gasteiger partial charge on any atom is 0.133 e. The minimum absolute atomic E-state index is 0.223. The maximum absolute atomic E-state index is 12.2. The normalized spacial score (nSPS) is 47.1. The summed E-state index contributed by atoms with van der Waals surface area (Å²) in [5.41, 5.74) is 1.86. The molecular weight excluding hydrogens is 298 g/mol. The number of rotatable bonds is 1. The summed E-state index contributed by atoms with van der Waals surface area (Å²) in [5, 5.41) is 8.28. The fourth-order valence-corrected chi connectivity index (χ4v) is 7.15. The van der Waals surface area contributed by atoms with Crippen LogP contribution >= 0.6 is 0 Å². The average molecular weight is 325 g/mol. The summed E-state index contributed by atoms with van der Waals surface area (Å²) in [7, 11) is 0. The number of aromatic nitrogens is 3. The molecule has 3 fully saturated rings. The molecule has 4 unspecified atom stereocenters. The van der Waals surface area contributed by atoms with E-state index in [1.165, 1.54) is 37.8 Å². The van der Waals surface area contributed by atoms with Gasteiger partial charge in [0.2, 0.25) is 0 Å². The molecule has 0 bridgehead atoms. The van der Waals surface area contributed by atoms with Crippen molar-refractivity contribution in [1.82, 2.24) is 15.0 Å². The Balaban J connectivity index is 1.48. The molecule has 5 rings (SSSR count). The van der Waals surface area contributed by atoms with Gasteiger partial charge in [-0.25, -0.2) is 4.68 Å². The van der Waals surface area contributed by atoms with E-state index in [9.17, 15) is 4.79 Å². The van der Waals surface area contributed by atoms with E-state index in [0.717, 1.165) is 24.7 Å². The number of allylic oxidation sites excluding steroid dienone is 2. The first-order chi connectivity index (χ1) is 11.5. The number of hydrogen-bond acceptors (Lipinski definition) is 3. The van der Waals surface area contributed by atoms with Crippen LogP contribution in [-0.2, 0) is 4.79 Å². The van der Waals surface area contributed by atoms with E-state index >= 15 is 0 Å². The van der Waals surface area contributed by atoms with Crippen LogP contribution in [0.15, 0.2) is 18.5 Å². The van der Waals surface area contributed by atoms with Crippen LogP contribution in [0.1, 0.15) is 58.8 Å². The molecule has 3 saturated carbocycles. The Morgan fingerprint density at radius 1 is 1.21 bits per heavy atom. The molecule has 24 heavy (non-hydrogen) atoms. The number of Topliss-reactive ketones (excluding diaryl/α,β-unsaturated/α-hetero) is 1. The zero-order chi connectivity index (χ0) is 16.5. The van der Waals surface area contributed by atoms with Crippen LogP contribution < -0.4 is 0 Å². The van der Waals surface area contributed by atoms with Crippen LogP contribution in [0.2, 0.25) is 0 Å². The Morgan fingerprint density at radius 2 is 2.08 bits per heavy atom. The molecule has 1 aromatic rings. The van der Waals surface area contributed by atoms with Gasteiger partial charge in [0, 0.05) is 24.0 Å². The van der Waals surface area contributed by atoms with Crippen LogP contribution in [0, 0.1) is 34.5 Å². The maximum atomic E-state index is 12.2. The van der Waals surface area contributed by atoms with Crippen molar-refractivity contribution < 1.29 is 4.79 Å². The summed E-state index contributed by atoms with van der Waals surface area (Å²) in [6, 6.07) is 0. The summed E-state index contributed by atoms with van der Waals surface area (Å²) in [6.45, 7) is 4.88. The van der Waals surface area contributed by atoms with Gasteiger partial charge < -0.3 is 0 Å². The molecule has 0 saturated heterocycles. The van der Waals surface area contributed by atoms with Crippen LogP contribution in [0.3, 0.4) is 0 Å². The lowest BCUT2D eigenvalue weighted by molar-refractivity contribution is -0.118. The highest BCUT2D eigenvalue weighted by Gasteiger charge is 2.60. The van der Waals surface area contributed by atoms with Gasteiger partial charge in [0.05, 0.1) is 12.4 Å². The van der Waals surface area contributed by atoms with Crippen molar-refractivity contribution in [1.29, 1.82) is 0 Å². The van der Waals surface area contributed by atoms with E-state index in [2.05, 4.69) is 30.2 Å². The Hall–Kier alpha value is -1.45. The van der Waals surface area contributed by atoms with Crippen molar-refractivity contribution in [3.8, 4) is 0 Å². The molecule has 4 nitrogen and oxygen atoms in total. The molecule has 128 valence electrons. The third-order valence-electron chi connectivity index (χ3n) is 8.33. The number of ketones is 1. The van der Waals surface area contributed by atoms with Crippen molar-refractivity contribution in [2.75, 3.05) is 0 Å². The van der Waals surface area contributed by atoms with Gasteiger partial charge in [0.15, 0.2) is 0 Å². The van der Waals surface area contributed by atoms with E-state index < -0.39 is 0 Å². The van der Waals surface area contributed by atoms with Crippen molar-refractivity contribution in [3.05, 3.63) is 18.5 Å². The van der Waals surface area contributed by atoms with Gasteiger partial charge in [-0.05, 0) is 61.2 Å². The number of carbonyl (C=O) groups is 1. The number of fused-ring (bicyclic) bond motifs is 5. The number of hydrogen-bond donors (Lipinski definition) is 0. The molecule has 0 spiro atoms. The monoisotopic (exact) mass is 325 g/mol. The third-order valence-corrected chi connectivity index (χ3v) is 8.33. The standard InChI is InChI=1S/C20H27N3O/c1-19-8-7-17-15(4-3-13-11-14(24)12-20(13,17)2)16(19)5-6-18(19)23-10-9-21-22-23/h6,9-10,13,15-17H,3-5,7-8,11-12H2,1-2H3/t13?,15?,16?,17?,19-,20-/m0/s1. The highest BCUT2D eigenvalue weighted by Crippen LogP contribution is 2.67. The smallest absolute Gasteiger partial charge is 0.133 e. The lowest BCUT2D eigenvalue weighted by atomic mass is 9.48. The molecule has 6 atom stereocenters. The first kappa shape index (κ1) is 14.9. The summed E-state index contributed by atoms with van der Waals surface area (Å²) in [6.07, 6.45) is 14.1. The van der Waals surface area contributed by atoms with Crippen molar-refractivity contribution in [3.63, 3.8) is 0 Å². The van der Waals surface area contributed by atoms with E-state index in [-0.39, 0.29) is 10.8 Å². The van der Waals surface area contributed by atoms with Crippen LogP contribution in [0.4, 0.5) is 0 Å². The summed E-state index contributed by atoms with van der Waals surface area (Å²) >= 11 is 0. The Morgan fingerprint density at radius 3 is 2.88 bits per heavy atom. The lowest BCUT2D eigenvalue weighted by Crippen LogP contribution is -2.50. The first-order valence-electron chi connectivity index (χ1n) is 9.61. The van der Waals surface area contributed by atoms with Crippen molar-refractivity contribution in [2.45, 2.75) is 58.8 Å². The zero-order valence-electron chi connectivity index (χ0n) is 14.7. The summed E-state index contributed by atoms with van der Waals surface area (Å²) < 4.78 is 1.99. The Bertz CT molecular complexity index is 708. The predicted octanol–water partition coefficient (Wildman–Crippen LogP) is 3.95. The molecule has 4 heteroatoms. The first-order valence-corrected chi connectivity index (χ1v) is 9.61. The highest BCUT2D eigenvalue weighted by molar-refractivity contribution is 5.82. The van der Waals surface area contributed by atoms with Gasteiger partial charge in [-0.3, -0.25) is 4.79 Å². The van der Waals surface area contributed by atoms with Gasteiger partial charge in [-0.1, -0.05) is 25.1 Å². The zero-order valence-corrected chi connectivity index (χ0v) is 14.7. The second-order valence-corrected chi connectivity index (χ2v) is 9.21. The Kier molecular flexibility index (Phi) is 2.97. The molecule has 1 aromatic heterocycles. The molecule has 0 radical (unpaired) electrons. The SMILES string of the molecule is C[C@]12CC(=O)CC1CCC1C2CC[C@]2(C)C(n3ccnn3)=CCC12. The largest absolute Gasteiger partial charge is 0.300 e. The van der Waals surface area contributed by atoms with Gasteiger partial charge >= 0.3 is 0 Å². The molecule has 0 N–H and O–H groups in total. The van der Waals surface area contributed by atoms with E-state index in [1.54, 1.807) is 6.20 Å². The molecule has 4 aliphatic carbocycles. The van der Waals surface area contributed by atoms with E-state index in [4.69, 9.17) is 0 Å². The Labute approximate surface area is 143 Å². The second kappa shape index (κ2) is 4.80. The highest BCUT2D eigenvalue weighted by atomic mass is 16.1. The van der Waals surface area contributed by atoms with Gasteiger partial charge in [0.25, 0.3) is 0 Å². The molecule has 0 amide bonds. The second-order valence-electron chi connectivity index (χ2n) is 9.21. The van der Waals surface area contributed by atoms with Crippen LogP contribution in [0.5, 0.6) is 0 Å². The molecule has 1 heterocycles. The fourth-order valence-electron chi connectivity index (χ4n) is 7.15. The molecule has 0 aliphatic heterocycles. The number of nitrogens with zero attached hydrogens (tertiary/aromatic N) is 3. The van der Waals surface area contributed by atoms with E-state index in [1.807, 2.05) is 10.9 Å². The third kappa shape index (κ3) is 1.77. The fraction of sp³-hybridized carbons (Fsp3) is 0.750. The summed E-state index contributed by atoms with van der Waals surface area (Å²) in [5.74, 6) is 3.39. The predicted molar refractivity (Wildman–Crippen MR) is 91.8 cm³/mol. The van der Waals surface area contributed by atoms with Crippen molar-refractivity contribution in [2.24, 2.45) is 34.5 Å². The van der Waals surface area contributed by atoms with Crippen molar-refractivity contribution >= 4 is 11.5 Å². The van der Waals surface area contributed by atoms with Crippen LogP contribution in [0.25, 0.3) is 5.70 Å². The topological polar surface area (TPSA) is 47.8 Å². The molecular formula is C20H27N3O. The lowest BCUT2D eigenvalue weighted by Gasteiger charge is -2.56. The minimum Gasteiger partial charge on any atom is -0.300 e. The van der Waals surface area contributed by atoms with Gasteiger partial charge in [-0.15, -0.1) is 5.10 Å².